The van der Waals surface area contributed by atoms with Crippen LogP contribution in [0.25, 0.3) is 0 Å². The van der Waals surface area contributed by atoms with Gasteiger partial charge in [-0.25, -0.2) is 0 Å². The maximum absolute atomic E-state index is 2.20. The van der Waals surface area contributed by atoms with Gasteiger partial charge in [-0.3, -0.25) is 0 Å². The predicted octanol–water partition coefficient (Wildman–Crippen LogP) is 7.93. The molecule has 2 heteroatoms. The van der Waals surface area contributed by atoms with E-state index in [1.807, 2.05) is 18.2 Å². The van der Waals surface area contributed by atoms with Crippen molar-refractivity contribution in [2.24, 2.45) is 0 Å². The van der Waals surface area contributed by atoms with Gasteiger partial charge >= 0.3 is 0 Å². The fourth-order valence-corrected chi connectivity index (χ4v) is 3.35. The van der Waals surface area contributed by atoms with Crippen LogP contribution in [0, 0.1) is 66.1 Å². The topological polar surface area (TPSA) is 0 Å². The average Bonchev–Trinajstić information content (AvgIpc) is 2.94. The summed E-state index contributed by atoms with van der Waals surface area (Å²) in [6, 6.07) is 10.3. The van der Waals surface area contributed by atoms with Crippen molar-refractivity contribution in [3.05, 3.63) is 95.1 Å². The van der Waals surface area contributed by atoms with Crippen molar-refractivity contribution in [1.82, 2.24) is 0 Å². The molecule has 0 bridgehead atoms. The first kappa shape index (κ1) is 31.4. The quantitative estimate of drug-likeness (QED) is 0.354. The Hall–Kier alpha value is 0.233. The van der Waals surface area contributed by atoms with Crippen molar-refractivity contribution in [1.29, 1.82) is 0 Å². The minimum Gasteiger partial charge on any atom is -0.0622 e. The summed E-state index contributed by atoms with van der Waals surface area (Å²) in [4.78, 5) is 0. The smallest absolute Gasteiger partial charge is 0 e. The van der Waals surface area contributed by atoms with Crippen LogP contribution in [0.4, 0.5) is 0 Å². The van der Waals surface area contributed by atoms with E-state index in [1.54, 1.807) is 0 Å². The van der Waals surface area contributed by atoms with Gasteiger partial charge in [-0.1, -0.05) is 105 Å². The molecular formula is C27H38Co2. The monoisotopic (exact) mass is 480 g/mol. The number of hydrogen-bond acceptors (Lipinski definition) is 0. The first-order chi connectivity index (χ1) is 12.5. The number of benzene rings is 1. The molecule has 0 spiro atoms. The molecule has 164 valence electrons. The molecule has 1 aromatic rings. The summed E-state index contributed by atoms with van der Waals surface area (Å²) >= 11 is 0. The number of rotatable bonds is 0. The molecule has 0 atom stereocenters. The average molecular weight is 480 g/mol. The predicted molar refractivity (Wildman–Crippen MR) is 120 cm³/mol. The zero-order valence-electron chi connectivity index (χ0n) is 20.1. The van der Waals surface area contributed by atoms with E-state index in [0.717, 1.165) is 0 Å². The molecule has 2 aliphatic carbocycles. The normalized spacial score (nSPS) is 21.8. The maximum Gasteiger partial charge on any atom is 0 e. The van der Waals surface area contributed by atoms with Crippen LogP contribution in [0.15, 0.2) is 30.3 Å². The van der Waals surface area contributed by atoms with E-state index in [-0.39, 0.29) is 33.6 Å². The van der Waals surface area contributed by atoms with Gasteiger partial charge in [-0.2, -0.15) is 0 Å². The fourth-order valence-electron chi connectivity index (χ4n) is 3.35. The van der Waals surface area contributed by atoms with Crippen molar-refractivity contribution in [3.63, 3.8) is 0 Å². The van der Waals surface area contributed by atoms with Crippen LogP contribution in [0.1, 0.15) is 74.8 Å². The van der Waals surface area contributed by atoms with E-state index in [2.05, 4.69) is 88.3 Å². The summed E-state index contributed by atoms with van der Waals surface area (Å²) in [6.07, 6.45) is 0. The molecule has 12 radical (unpaired) electrons. The maximum atomic E-state index is 2.20. The third-order valence-corrected chi connectivity index (χ3v) is 6.57. The van der Waals surface area contributed by atoms with Gasteiger partial charge in [0.25, 0.3) is 0 Å². The van der Waals surface area contributed by atoms with E-state index in [9.17, 15) is 0 Å². The standard InChI is InChI=1S/2C10H15.C7H8.2Co/c2*1-6-7(2)9(4)10(5)8(6)3;1-7-5-3-2-4-6-7;;/h2*1-5H3;2-6H,1H3;;. The summed E-state index contributed by atoms with van der Waals surface area (Å²) in [6.45, 7) is 24.1. The van der Waals surface area contributed by atoms with Gasteiger partial charge in [0.15, 0.2) is 0 Å². The summed E-state index contributed by atoms with van der Waals surface area (Å²) in [5, 5.41) is 0. The minimum atomic E-state index is 0. The van der Waals surface area contributed by atoms with E-state index >= 15 is 0 Å². The van der Waals surface area contributed by atoms with Crippen LogP contribution < -0.4 is 0 Å². The molecule has 3 rings (SSSR count). The Morgan fingerprint density at radius 1 is 0.310 bits per heavy atom. The van der Waals surface area contributed by atoms with E-state index in [1.165, 1.54) is 64.7 Å². The van der Waals surface area contributed by atoms with Crippen molar-refractivity contribution >= 4 is 0 Å². The Morgan fingerprint density at radius 3 is 0.586 bits per heavy atom. The molecule has 0 nitrogen and oxygen atoms in total. The molecule has 2 aliphatic rings. The molecule has 0 amide bonds. The van der Waals surface area contributed by atoms with Crippen LogP contribution in [0.3, 0.4) is 0 Å². The van der Waals surface area contributed by atoms with Crippen LogP contribution in [0.2, 0.25) is 0 Å². The SMILES string of the molecule is C[C]1[C](C)[C](C)[C](C)[C]1C.C[C]1[C](C)[C](C)[C](C)[C]1C.Cc1ccccc1.[Co].[Co]. The molecule has 0 N–H and O–H groups in total. The van der Waals surface area contributed by atoms with E-state index in [4.69, 9.17) is 0 Å². The Labute approximate surface area is 204 Å². The molecule has 0 heterocycles. The first-order valence-corrected chi connectivity index (χ1v) is 9.91. The van der Waals surface area contributed by atoms with E-state index in [0.29, 0.717) is 0 Å². The second-order valence-corrected chi connectivity index (χ2v) is 7.90. The summed E-state index contributed by atoms with van der Waals surface area (Å²) in [7, 11) is 0. The van der Waals surface area contributed by atoms with Crippen LogP contribution in [0.5, 0.6) is 0 Å². The zero-order valence-corrected chi connectivity index (χ0v) is 22.1. The van der Waals surface area contributed by atoms with Crippen molar-refractivity contribution in [3.8, 4) is 0 Å². The Kier molecular flexibility index (Phi) is 15.5. The van der Waals surface area contributed by atoms with Crippen molar-refractivity contribution in [2.45, 2.75) is 76.2 Å². The summed E-state index contributed by atoms with van der Waals surface area (Å²) in [5.74, 6) is 14.7. The molecule has 0 aliphatic heterocycles. The second-order valence-electron chi connectivity index (χ2n) is 7.90. The van der Waals surface area contributed by atoms with Gasteiger partial charge in [0.1, 0.15) is 0 Å². The number of aryl methyl sites for hydroxylation is 1. The third-order valence-electron chi connectivity index (χ3n) is 6.57. The van der Waals surface area contributed by atoms with Crippen molar-refractivity contribution < 1.29 is 33.6 Å². The Bertz CT molecular complexity index is 409. The molecule has 2 saturated carbocycles. The van der Waals surface area contributed by atoms with Crippen LogP contribution in [-0.2, 0) is 33.6 Å². The van der Waals surface area contributed by atoms with Gasteiger partial charge in [-0.05, 0) is 66.1 Å². The zero-order chi connectivity index (χ0) is 20.9. The Morgan fingerprint density at radius 2 is 0.483 bits per heavy atom. The van der Waals surface area contributed by atoms with Gasteiger partial charge in [0, 0.05) is 33.6 Å². The van der Waals surface area contributed by atoms with Gasteiger partial charge in [0.05, 0.1) is 0 Å². The van der Waals surface area contributed by atoms with E-state index < -0.39 is 0 Å². The van der Waals surface area contributed by atoms with Crippen LogP contribution in [-0.4, -0.2) is 0 Å². The van der Waals surface area contributed by atoms with Crippen LogP contribution >= 0.6 is 0 Å². The molecule has 2 fully saturated rings. The molecule has 0 saturated heterocycles. The van der Waals surface area contributed by atoms with Gasteiger partial charge in [0.2, 0.25) is 0 Å². The van der Waals surface area contributed by atoms with Gasteiger partial charge in [-0.15, -0.1) is 0 Å². The molecule has 0 aromatic heterocycles. The summed E-state index contributed by atoms with van der Waals surface area (Å²) < 4.78 is 0. The van der Waals surface area contributed by atoms with Gasteiger partial charge < -0.3 is 0 Å². The molecule has 0 unspecified atom stereocenters. The second kappa shape index (κ2) is 14.3. The number of hydrogen-bond donors (Lipinski definition) is 0. The molecule has 29 heavy (non-hydrogen) atoms. The summed E-state index contributed by atoms with van der Waals surface area (Å²) in [5.41, 5.74) is 1.32. The third kappa shape index (κ3) is 8.35. The molecular weight excluding hydrogens is 442 g/mol. The van der Waals surface area contributed by atoms with Crippen molar-refractivity contribution in [2.75, 3.05) is 0 Å². The molecule has 1 aromatic carbocycles. The Balaban J connectivity index is 0. The first-order valence-electron chi connectivity index (χ1n) is 9.91. The minimum absolute atomic E-state index is 0. The largest absolute Gasteiger partial charge is 0.0622 e. The fraction of sp³-hybridized carbons (Fsp3) is 0.407.